The standard InChI is InChI=1S/C13H10BrCl2N/c14-10-6-7-11(13(16)12(10)15)17-8-9-4-2-1-3-5-9/h1-7,17H,8H2. The Balaban J connectivity index is 2.13. The zero-order chi connectivity index (χ0) is 12.3. The summed E-state index contributed by atoms with van der Waals surface area (Å²) in [6.45, 7) is 0.721. The normalized spacial score (nSPS) is 10.3. The van der Waals surface area contributed by atoms with Gasteiger partial charge in [-0.3, -0.25) is 0 Å². The molecular weight excluding hydrogens is 321 g/mol. The van der Waals surface area contributed by atoms with Crippen LogP contribution in [-0.4, -0.2) is 0 Å². The summed E-state index contributed by atoms with van der Waals surface area (Å²) in [7, 11) is 0. The van der Waals surface area contributed by atoms with E-state index in [1.165, 1.54) is 5.56 Å². The molecule has 1 N–H and O–H groups in total. The highest BCUT2D eigenvalue weighted by Gasteiger charge is 2.07. The molecule has 0 aliphatic heterocycles. The highest BCUT2D eigenvalue weighted by molar-refractivity contribution is 9.10. The van der Waals surface area contributed by atoms with Crippen LogP contribution in [0.1, 0.15) is 5.56 Å². The summed E-state index contributed by atoms with van der Waals surface area (Å²) in [5.41, 5.74) is 2.03. The molecule has 0 saturated carbocycles. The van der Waals surface area contributed by atoms with E-state index < -0.39 is 0 Å². The number of halogens is 3. The number of hydrogen-bond donors (Lipinski definition) is 1. The average Bonchev–Trinajstić information content (AvgIpc) is 2.36. The second kappa shape index (κ2) is 5.76. The minimum absolute atomic E-state index is 0.532. The van der Waals surface area contributed by atoms with Crippen molar-refractivity contribution >= 4 is 44.8 Å². The quantitative estimate of drug-likeness (QED) is 0.746. The van der Waals surface area contributed by atoms with Gasteiger partial charge in [-0.2, -0.15) is 0 Å². The Kier molecular flexibility index (Phi) is 4.32. The van der Waals surface area contributed by atoms with Gasteiger partial charge in [0.2, 0.25) is 0 Å². The number of hydrogen-bond acceptors (Lipinski definition) is 1. The van der Waals surface area contributed by atoms with Gasteiger partial charge in [0.05, 0.1) is 15.7 Å². The molecule has 0 aromatic heterocycles. The van der Waals surface area contributed by atoms with Crippen molar-refractivity contribution in [3.8, 4) is 0 Å². The minimum atomic E-state index is 0.532. The maximum atomic E-state index is 6.14. The van der Waals surface area contributed by atoms with E-state index >= 15 is 0 Å². The number of rotatable bonds is 3. The summed E-state index contributed by atoms with van der Waals surface area (Å²) in [6.07, 6.45) is 0. The van der Waals surface area contributed by atoms with Crippen molar-refractivity contribution in [2.45, 2.75) is 6.54 Å². The lowest BCUT2D eigenvalue weighted by molar-refractivity contribution is 1.15. The van der Waals surface area contributed by atoms with Crippen LogP contribution in [0, 0.1) is 0 Å². The lowest BCUT2D eigenvalue weighted by Crippen LogP contribution is -1.99. The van der Waals surface area contributed by atoms with Gasteiger partial charge in [0.15, 0.2) is 0 Å². The third-order valence-corrected chi connectivity index (χ3v) is 4.13. The molecule has 2 aromatic carbocycles. The van der Waals surface area contributed by atoms with E-state index in [9.17, 15) is 0 Å². The molecule has 0 aliphatic rings. The molecule has 2 aromatic rings. The van der Waals surface area contributed by atoms with E-state index in [1.54, 1.807) is 0 Å². The van der Waals surface area contributed by atoms with Gasteiger partial charge in [0, 0.05) is 11.0 Å². The van der Waals surface area contributed by atoms with Crippen molar-refractivity contribution in [3.05, 3.63) is 62.5 Å². The van der Waals surface area contributed by atoms with E-state index in [4.69, 9.17) is 23.2 Å². The van der Waals surface area contributed by atoms with Gasteiger partial charge in [-0.1, -0.05) is 53.5 Å². The number of benzene rings is 2. The Morgan fingerprint density at radius 1 is 0.941 bits per heavy atom. The first kappa shape index (κ1) is 12.7. The summed E-state index contributed by atoms with van der Waals surface area (Å²) in [5, 5.41) is 4.33. The number of nitrogens with one attached hydrogen (secondary N) is 1. The molecule has 1 nitrogen and oxygen atoms in total. The molecule has 0 atom stereocenters. The first-order valence-electron chi connectivity index (χ1n) is 5.10. The molecule has 17 heavy (non-hydrogen) atoms. The van der Waals surface area contributed by atoms with Crippen LogP contribution in [-0.2, 0) is 6.54 Å². The van der Waals surface area contributed by atoms with Gasteiger partial charge < -0.3 is 5.32 Å². The Morgan fingerprint density at radius 2 is 1.65 bits per heavy atom. The van der Waals surface area contributed by atoms with Gasteiger partial charge >= 0.3 is 0 Å². The zero-order valence-electron chi connectivity index (χ0n) is 8.88. The van der Waals surface area contributed by atoms with E-state index in [2.05, 4.69) is 33.4 Å². The molecule has 88 valence electrons. The lowest BCUT2D eigenvalue weighted by atomic mass is 10.2. The second-order valence-electron chi connectivity index (χ2n) is 3.56. The van der Waals surface area contributed by atoms with Gasteiger partial charge in [0.1, 0.15) is 0 Å². The molecule has 0 aliphatic carbocycles. The summed E-state index contributed by atoms with van der Waals surface area (Å²) in [6, 6.07) is 13.9. The fourth-order valence-electron chi connectivity index (χ4n) is 1.46. The van der Waals surface area contributed by atoms with Crippen molar-refractivity contribution < 1.29 is 0 Å². The van der Waals surface area contributed by atoms with Crippen LogP contribution < -0.4 is 5.32 Å². The monoisotopic (exact) mass is 329 g/mol. The average molecular weight is 331 g/mol. The Labute approximate surface area is 119 Å². The third-order valence-electron chi connectivity index (χ3n) is 2.36. The maximum absolute atomic E-state index is 6.14. The Morgan fingerprint density at radius 3 is 2.35 bits per heavy atom. The highest BCUT2D eigenvalue weighted by Crippen LogP contribution is 2.35. The lowest BCUT2D eigenvalue weighted by Gasteiger charge is -2.10. The molecule has 0 bridgehead atoms. The predicted octanol–water partition coefficient (Wildman–Crippen LogP) is 5.37. The van der Waals surface area contributed by atoms with Crippen molar-refractivity contribution in [2.24, 2.45) is 0 Å². The van der Waals surface area contributed by atoms with Crippen molar-refractivity contribution in [1.82, 2.24) is 0 Å². The van der Waals surface area contributed by atoms with Crippen molar-refractivity contribution in [1.29, 1.82) is 0 Å². The topological polar surface area (TPSA) is 12.0 Å². The molecule has 0 fully saturated rings. The smallest absolute Gasteiger partial charge is 0.0835 e. The van der Waals surface area contributed by atoms with Crippen LogP contribution in [0.2, 0.25) is 10.0 Å². The minimum Gasteiger partial charge on any atom is -0.380 e. The first-order chi connectivity index (χ1) is 8.18. The largest absolute Gasteiger partial charge is 0.380 e. The maximum Gasteiger partial charge on any atom is 0.0835 e. The molecule has 0 radical (unpaired) electrons. The molecule has 0 amide bonds. The summed E-state index contributed by atoms with van der Waals surface area (Å²) < 4.78 is 0.800. The Bertz CT molecular complexity index is 514. The molecule has 2 rings (SSSR count). The van der Waals surface area contributed by atoms with Gasteiger partial charge in [-0.25, -0.2) is 0 Å². The summed E-state index contributed by atoms with van der Waals surface area (Å²) in [5.74, 6) is 0. The fraction of sp³-hybridized carbons (Fsp3) is 0.0769. The van der Waals surface area contributed by atoms with Crippen LogP contribution in [0.15, 0.2) is 46.9 Å². The van der Waals surface area contributed by atoms with Gasteiger partial charge in [-0.15, -0.1) is 0 Å². The van der Waals surface area contributed by atoms with E-state index in [-0.39, 0.29) is 0 Å². The van der Waals surface area contributed by atoms with Crippen LogP contribution in [0.3, 0.4) is 0 Å². The molecule has 4 heteroatoms. The zero-order valence-corrected chi connectivity index (χ0v) is 12.0. The van der Waals surface area contributed by atoms with E-state index in [0.717, 1.165) is 16.7 Å². The van der Waals surface area contributed by atoms with Crippen molar-refractivity contribution in [2.75, 3.05) is 5.32 Å². The van der Waals surface area contributed by atoms with Crippen LogP contribution in [0.4, 0.5) is 5.69 Å². The highest BCUT2D eigenvalue weighted by atomic mass is 79.9. The van der Waals surface area contributed by atoms with Crippen molar-refractivity contribution in [3.63, 3.8) is 0 Å². The fourth-order valence-corrected chi connectivity index (χ4v) is 2.30. The van der Waals surface area contributed by atoms with E-state index in [1.807, 2.05) is 30.3 Å². The second-order valence-corrected chi connectivity index (χ2v) is 5.17. The molecule has 0 spiro atoms. The van der Waals surface area contributed by atoms with Gasteiger partial charge in [0.25, 0.3) is 0 Å². The number of anilines is 1. The molecule has 0 heterocycles. The van der Waals surface area contributed by atoms with Crippen LogP contribution in [0.25, 0.3) is 0 Å². The first-order valence-corrected chi connectivity index (χ1v) is 6.64. The SMILES string of the molecule is Clc1c(Br)ccc(NCc2ccccc2)c1Cl. The molecule has 0 saturated heterocycles. The van der Waals surface area contributed by atoms with Crippen LogP contribution in [0.5, 0.6) is 0 Å². The van der Waals surface area contributed by atoms with Gasteiger partial charge in [-0.05, 0) is 33.6 Å². The van der Waals surface area contributed by atoms with Crippen LogP contribution >= 0.6 is 39.1 Å². The van der Waals surface area contributed by atoms with E-state index in [0.29, 0.717) is 10.0 Å². The Hall–Kier alpha value is -0.700. The third kappa shape index (κ3) is 3.15. The molecule has 0 unspecified atom stereocenters. The predicted molar refractivity (Wildman–Crippen MR) is 77.9 cm³/mol. The molecular formula is C13H10BrCl2N. The summed E-state index contributed by atoms with van der Waals surface area (Å²) in [4.78, 5) is 0. The summed E-state index contributed by atoms with van der Waals surface area (Å²) >= 11 is 15.5.